The van der Waals surface area contributed by atoms with Gasteiger partial charge >= 0.3 is 0 Å². The summed E-state index contributed by atoms with van der Waals surface area (Å²) in [5, 5.41) is 10.6. The molecule has 0 aliphatic rings. The second kappa shape index (κ2) is 9.79. The van der Waals surface area contributed by atoms with Crippen molar-refractivity contribution in [3.8, 4) is 0 Å². The molecule has 30 heavy (non-hydrogen) atoms. The van der Waals surface area contributed by atoms with Gasteiger partial charge in [-0.15, -0.1) is 0 Å². The Balaban J connectivity index is 1.56. The number of rotatable bonds is 7. The molecule has 0 amide bonds. The zero-order chi connectivity index (χ0) is 20.6. The summed E-state index contributed by atoms with van der Waals surface area (Å²) in [5.41, 5.74) is 5.61. The van der Waals surface area contributed by atoms with Gasteiger partial charge in [-0.05, 0) is 64.6 Å². The van der Waals surface area contributed by atoms with Gasteiger partial charge < -0.3 is 10.6 Å². The van der Waals surface area contributed by atoms with Crippen LogP contribution in [0, 0.1) is 3.57 Å². The highest BCUT2D eigenvalue weighted by Gasteiger charge is 2.07. The molecule has 148 valence electrons. The first kappa shape index (κ1) is 19.8. The third-order valence-electron chi connectivity index (χ3n) is 3.94. The van der Waals surface area contributed by atoms with E-state index in [0.29, 0.717) is 17.8 Å². The molecule has 0 atom stereocenters. The molecular formula is C22H18IN7. The van der Waals surface area contributed by atoms with Crippen LogP contribution in [0.25, 0.3) is 0 Å². The monoisotopic (exact) mass is 507 g/mol. The number of hydrogen-bond donors (Lipinski definition) is 3. The Morgan fingerprint density at radius 1 is 0.633 bits per heavy atom. The fourth-order valence-corrected chi connectivity index (χ4v) is 2.91. The van der Waals surface area contributed by atoms with E-state index in [1.165, 1.54) is 3.57 Å². The van der Waals surface area contributed by atoms with Gasteiger partial charge in [0.1, 0.15) is 0 Å². The van der Waals surface area contributed by atoms with Crippen LogP contribution in [0.3, 0.4) is 0 Å². The molecule has 0 spiro atoms. The van der Waals surface area contributed by atoms with Crippen LogP contribution in [0.15, 0.2) is 90.0 Å². The summed E-state index contributed by atoms with van der Waals surface area (Å²) in [6.45, 7) is 0. The third-order valence-corrected chi connectivity index (χ3v) is 4.66. The van der Waals surface area contributed by atoms with Crippen molar-refractivity contribution in [3.05, 3.63) is 94.1 Å². The van der Waals surface area contributed by atoms with Gasteiger partial charge in [-0.25, -0.2) is 5.43 Å². The van der Waals surface area contributed by atoms with E-state index in [0.717, 1.165) is 16.9 Å². The Labute approximate surface area is 187 Å². The van der Waals surface area contributed by atoms with Crippen molar-refractivity contribution < 1.29 is 0 Å². The molecule has 4 aromatic rings. The van der Waals surface area contributed by atoms with Gasteiger partial charge in [0.25, 0.3) is 0 Å². The van der Waals surface area contributed by atoms with Crippen molar-refractivity contribution in [1.82, 2.24) is 15.0 Å². The van der Waals surface area contributed by atoms with Crippen molar-refractivity contribution in [2.45, 2.75) is 0 Å². The fraction of sp³-hybridized carbons (Fsp3) is 0. The lowest BCUT2D eigenvalue weighted by molar-refractivity contribution is 1.04. The fourth-order valence-electron chi connectivity index (χ4n) is 2.55. The number of benzene rings is 3. The van der Waals surface area contributed by atoms with Crippen molar-refractivity contribution >= 4 is 58.0 Å². The number of halogens is 1. The number of nitrogens with zero attached hydrogens (tertiary/aromatic N) is 4. The Bertz CT molecular complexity index is 1060. The standard InChI is InChI=1S/C22H18IN7/c23-17-13-11-16(12-14-17)15-24-30-22-28-20(25-18-7-3-1-4-8-18)27-21(29-22)26-19-9-5-2-6-10-19/h1-15H,(H3,25,26,27,28,29,30)/b24-15-. The van der Waals surface area contributed by atoms with Crippen LogP contribution in [0.4, 0.5) is 29.2 Å². The number of hydrazone groups is 1. The van der Waals surface area contributed by atoms with E-state index in [4.69, 9.17) is 0 Å². The second-order valence-corrected chi connectivity index (χ2v) is 7.46. The first-order valence-corrected chi connectivity index (χ1v) is 10.3. The molecular weight excluding hydrogens is 489 g/mol. The third kappa shape index (κ3) is 5.74. The SMILES string of the molecule is Ic1ccc(/C=N\Nc2nc(Nc3ccccc3)nc(Nc3ccccc3)n2)cc1. The van der Waals surface area contributed by atoms with Gasteiger partial charge in [-0.1, -0.05) is 48.5 Å². The van der Waals surface area contributed by atoms with E-state index in [2.05, 4.69) is 58.7 Å². The Hall–Kier alpha value is -3.53. The first-order chi connectivity index (χ1) is 14.7. The molecule has 0 aliphatic carbocycles. The first-order valence-electron chi connectivity index (χ1n) is 9.19. The van der Waals surface area contributed by atoms with Crippen LogP contribution >= 0.6 is 22.6 Å². The highest BCUT2D eigenvalue weighted by molar-refractivity contribution is 14.1. The maximum atomic E-state index is 4.46. The smallest absolute Gasteiger partial charge is 0.250 e. The zero-order valence-corrected chi connectivity index (χ0v) is 18.0. The predicted molar refractivity (Wildman–Crippen MR) is 130 cm³/mol. The normalized spacial score (nSPS) is 10.7. The Morgan fingerprint density at radius 3 is 1.67 bits per heavy atom. The van der Waals surface area contributed by atoms with Crippen molar-refractivity contribution in [1.29, 1.82) is 0 Å². The van der Waals surface area contributed by atoms with Crippen LogP contribution in [-0.2, 0) is 0 Å². The van der Waals surface area contributed by atoms with Gasteiger partial charge in [0.05, 0.1) is 6.21 Å². The number of anilines is 5. The molecule has 3 aromatic carbocycles. The summed E-state index contributed by atoms with van der Waals surface area (Å²) >= 11 is 2.27. The predicted octanol–water partition coefficient (Wildman–Crippen LogP) is 5.41. The molecule has 7 nitrogen and oxygen atoms in total. The summed E-state index contributed by atoms with van der Waals surface area (Å²) in [4.78, 5) is 13.3. The van der Waals surface area contributed by atoms with E-state index in [1.54, 1.807) is 6.21 Å². The average molecular weight is 507 g/mol. The van der Waals surface area contributed by atoms with Gasteiger partial charge in [-0.2, -0.15) is 20.1 Å². The van der Waals surface area contributed by atoms with Crippen LogP contribution in [-0.4, -0.2) is 21.2 Å². The van der Waals surface area contributed by atoms with Crippen molar-refractivity contribution in [2.75, 3.05) is 16.1 Å². The number of aromatic nitrogens is 3. The Kier molecular flexibility index (Phi) is 6.45. The van der Waals surface area contributed by atoms with E-state index >= 15 is 0 Å². The molecule has 3 N–H and O–H groups in total. The van der Waals surface area contributed by atoms with Crippen molar-refractivity contribution in [3.63, 3.8) is 0 Å². The molecule has 0 fully saturated rings. The number of hydrogen-bond acceptors (Lipinski definition) is 7. The molecule has 0 aliphatic heterocycles. The summed E-state index contributed by atoms with van der Waals surface area (Å²) in [6.07, 6.45) is 1.72. The largest absolute Gasteiger partial charge is 0.324 e. The maximum absolute atomic E-state index is 4.46. The highest BCUT2D eigenvalue weighted by Crippen LogP contribution is 2.18. The lowest BCUT2D eigenvalue weighted by Gasteiger charge is -2.10. The van der Waals surface area contributed by atoms with Crippen LogP contribution in [0.1, 0.15) is 5.56 Å². The van der Waals surface area contributed by atoms with Crippen LogP contribution in [0.5, 0.6) is 0 Å². The molecule has 1 heterocycles. The van der Waals surface area contributed by atoms with E-state index in [9.17, 15) is 0 Å². The summed E-state index contributed by atoms with van der Waals surface area (Å²) in [6, 6.07) is 27.5. The maximum Gasteiger partial charge on any atom is 0.250 e. The molecule has 0 saturated heterocycles. The number of nitrogens with one attached hydrogen (secondary N) is 3. The zero-order valence-electron chi connectivity index (χ0n) is 15.8. The van der Waals surface area contributed by atoms with E-state index in [-0.39, 0.29) is 0 Å². The lowest BCUT2D eigenvalue weighted by Crippen LogP contribution is -2.07. The second-order valence-electron chi connectivity index (χ2n) is 6.21. The molecule has 0 bridgehead atoms. The molecule has 0 radical (unpaired) electrons. The van der Waals surface area contributed by atoms with E-state index < -0.39 is 0 Å². The highest BCUT2D eigenvalue weighted by atomic mass is 127. The van der Waals surface area contributed by atoms with Gasteiger partial charge in [0.15, 0.2) is 0 Å². The topological polar surface area (TPSA) is 87.1 Å². The molecule has 1 aromatic heterocycles. The van der Waals surface area contributed by atoms with Gasteiger partial charge in [0.2, 0.25) is 17.8 Å². The molecule has 0 saturated carbocycles. The Morgan fingerprint density at radius 2 is 1.13 bits per heavy atom. The molecule has 4 rings (SSSR count). The van der Waals surface area contributed by atoms with Crippen LogP contribution < -0.4 is 16.1 Å². The van der Waals surface area contributed by atoms with Crippen LogP contribution in [0.2, 0.25) is 0 Å². The minimum Gasteiger partial charge on any atom is -0.324 e. The lowest BCUT2D eigenvalue weighted by atomic mass is 10.2. The summed E-state index contributed by atoms with van der Waals surface area (Å²) < 4.78 is 1.17. The average Bonchev–Trinajstić information content (AvgIpc) is 2.76. The quantitative estimate of drug-likeness (QED) is 0.176. The van der Waals surface area contributed by atoms with Gasteiger partial charge in [-0.3, -0.25) is 0 Å². The van der Waals surface area contributed by atoms with E-state index in [1.807, 2.05) is 84.9 Å². The molecule has 8 heteroatoms. The van der Waals surface area contributed by atoms with Crippen molar-refractivity contribution in [2.24, 2.45) is 5.10 Å². The summed E-state index contributed by atoms with van der Waals surface area (Å²) in [5.74, 6) is 1.13. The molecule has 0 unspecified atom stereocenters. The summed E-state index contributed by atoms with van der Waals surface area (Å²) in [7, 11) is 0. The number of para-hydroxylation sites is 2. The minimum atomic E-state index is 0.323. The van der Waals surface area contributed by atoms with Gasteiger partial charge in [0, 0.05) is 14.9 Å². The minimum absolute atomic E-state index is 0.323.